The van der Waals surface area contributed by atoms with E-state index in [4.69, 9.17) is 4.74 Å². The van der Waals surface area contributed by atoms with Crippen molar-refractivity contribution < 1.29 is 14.5 Å². The van der Waals surface area contributed by atoms with Crippen molar-refractivity contribution in [3.63, 3.8) is 0 Å². The number of hydrogen-bond donors (Lipinski definition) is 1. The SMILES string of the molecule is CC(C)COc1ccccc1C(=O)Nc1ccc([N+](=O)[O-])cc1. The first-order valence-electron chi connectivity index (χ1n) is 7.25. The molecule has 6 heteroatoms. The van der Waals surface area contributed by atoms with Crippen molar-refractivity contribution in [2.75, 3.05) is 11.9 Å². The fourth-order valence-corrected chi connectivity index (χ4v) is 1.90. The topological polar surface area (TPSA) is 81.5 Å². The molecule has 0 atom stereocenters. The van der Waals surface area contributed by atoms with Crippen molar-refractivity contribution in [2.24, 2.45) is 5.92 Å². The standard InChI is InChI=1S/C17H18N2O4/c1-12(2)11-23-16-6-4-3-5-15(16)17(20)18-13-7-9-14(10-8-13)19(21)22/h3-10,12H,11H2,1-2H3,(H,18,20). The normalized spacial score (nSPS) is 10.4. The van der Waals surface area contributed by atoms with E-state index < -0.39 is 4.92 Å². The fourth-order valence-electron chi connectivity index (χ4n) is 1.90. The van der Waals surface area contributed by atoms with Crippen LogP contribution < -0.4 is 10.1 Å². The zero-order valence-electron chi connectivity index (χ0n) is 13.0. The van der Waals surface area contributed by atoms with Crippen LogP contribution in [0.2, 0.25) is 0 Å². The number of nitro groups is 1. The highest BCUT2D eigenvalue weighted by molar-refractivity contribution is 6.06. The quantitative estimate of drug-likeness (QED) is 0.648. The summed E-state index contributed by atoms with van der Waals surface area (Å²) < 4.78 is 5.66. The third kappa shape index (κ3) is 4.54. The van der Waals surface area contributed by atoms with E-state index in [-0.39, 0.29) is 11.6 Å². The molecular weight excluding hydrogens is 296 g/mol. The number of non-ortho nitro benzene ring substituents is 1. The van der Waals surface area contributed by atoms with Crippen LogP contribution >= 0.6 is 0 Å². The average Bonchev–Trinajstić information content (AvgIpc) is 2.53. The molecule has 6 nitrogen and oxygen atoms in total. The predicted molar refractivity (Wildman–Crippen MR) is 87.8 cm³/mol. The molecule has 0 aliphatic heterocycles. The minimum atomic E-state index is -0.485. The van der Waals surface area contributed by atoms with Gasteiger partial charge in [-0.05, 0) is 30.2 Å². The van der Waals surface area contributed by atoms with Gasteiger partial charge in [0.2, 0.25) is 0 Å². The summed E-state index contributed by atoms with van der Waals surface area (Å²) in [4.78, 5) is 22.5. The zero-order valence-corrected chi connectivity index (χ0v) is 13.0. The van der Waals surface area contributed by atoms with E-state index in [9.17, 15) is 14.9 Å². The molecule has 0 aliphatic carbocycles. The van der Waals surface area contributed by atoms with Crippen LogP contribution in [-0.4, -0.2) is 17.4 Å². The summed E-state index contributed by atoms with van der Waals surface area (Å²) in [5.41, 5.74) is 0.884. The van der Waals surface area contributed by atoms with Gasteiger partial charge in [0.25, 0.3) is 11.6 Å². The van der Waals surface area contributed by atoms with Gasteiger partial charge < -0.3 is 10.1 Å². The lowest BCUT2D eigenvalue weighted by atomic mass is 10.1. The molecule has 0 saturated heterocycles. The highest BCUT2D eigenvalue weighted by Gasteiger charge is 2.13. The lowest BCUT2D eigenvalue weighted by Crippen LogP contribution is -2.15. The number of amides is 1. The number of anilines is 1. The second-order valence-corrected chi connectivity index (χ2v) is 5.46. The summed E-state index contributed by atoms with van der Waals surface area (Å²) in [6.07, 6.45) is 0. The minimum Gasteiger partial charge on any atom is -0.492 e. The molecule has 1 amide bonds. The van der Waals surface area contributed by atoms with Crippen molar-refractivity contribution in [2.45, 2.75) is 13.8 Å². The predicted octanol–water partition coefficient (Wildman–Crippen LogP) is 3.88. The van der Waals surface area contributed by atoms with E-state index in [1.807, 2.05) is 13.8 Å². The Morgan fingerprint density at radius 3 is 2.43 bits per heavy atom. The number of hydrogen-bond acceptors (Lipinski definition) is 4. The molecule has 2 rings (SSSR count). The van der Waals surface area contributed by atoms with E-state index in [0.29, 0.717) is 29.5 Å². The van der Waals surface area contributed by atoms with Gasteiger partial charge in [0, 0.05) is 17.8 Å². The minimum absolute atomic E-state index is 0.0244. The Morgan fingerprint density at radius 2 is 1.83 bits per heavy atom. The molecule has 0 unspecified atom stereocenters. The molecular formula is C17H18N2O4. The van der Waals surface area contributed by atoms with Gasteiger partial charge in [0.05, 0.1) is 17.1 Å². The Morgan fingerprint density at radius 1 is 1.17 bits per heavy atom. The van der Waals surface area contributed by atoms with Gasteiger partial charge in [-0.25, -0.2) is 0 Å². The van der Waals surface area contributed by atoms with Crippen LogP contribution in [0.5, 0.6) is 5.75 Å². The van der Waals surface area contributed by atoms with Crippen LogP contribution in [0, 0.1) is 16.0 Å². The van der Waals surface area contributed by atoms with Crippen LogP contribution in [0.15, 0.2) is 48.5 Å². The Bertz CT molecular complexity index is 696. The lowest BCUT2D eigenvalue weighted by Gasteiger charge is -2.13. The monoisotopic (exact) mass is 314 g/mol. The van der Waals surface area contributed by atoms with Crippen LogP contribution in [-0.2, 0) is 0 Å². The second kappa shape index (κ2) is 7.40. The van der Waals surface area contributed by atoms with Gasteiger partial charge in [-0.15, -0.1) is 0 Å². The van der Waals surface area contributed by atoms with Crippen molar-refractivity contribution in [3.8, 4) is 5.75 Å². The van der Waals surface area contributed by atoms with Gasteiger partial charge in [-0.2, -0.15) is 0 Å². The average molecular weight is 314 g/mol. The third-order valence-corrected chi connectivity index (χ3v) is 3.04. The van der Waals surface area contributed by atoms with Crippen LogP contribution in [0.4, 0.5) is 11.4 Å². The first-order valence-corrected chi connectivity index (χ1v) is 7.25. The van der Waals surface area contributed by atoms with E-state index in [1.165, 1.54) is 24.3 Å². The van der Waals surface area contributed by atoms with Gasteiger partial charge in [-0.1, -0.05) is 26.0 Å². The number of nitro benzene ring substituents is 1. The van der Waals surface area contributed by atoms with Crippen molar-refractivity contribution in [1.82, 2.24) is 0 Å². The highest BCUT2D eigenvalue weighted by Crippen LogP contribution is 2.21. The molecule has 0 aromatic heterocycles. The molecule has 0 bridgehead atoms. The summed E-state index contributed by atoms with van der Waals surface area (Å²) in [5, 5.41) is 13.3. The first kappa shape index (κ1) is 16.5. The van der Waals surface area contributed by atoms with E-state index in [1.54, 1.807) is 24.3 Å². The van der Waals surface area contributed by atoms with E-state index in [0.717, 1.165) is 0 Å². The molecule has 0 fully saturated rings. The van der Waals surface area contributed by atoms with E-state index >= 15 is 0 Å². The summed E-state index contributed by atoms with van der Waals surface area (Å²) in [5.74, 6) is 0.541. The van der Waals surface area contributed by atoms with Crippen molar-refractivity contribution >= 4 is 17.3 Å². The van der Waals surface area contributed by atoms with Crippen LogP contribution in [0.1, 0.15) is 24.2 Å². The van der Waals surface area contributed by atoms with Gasteiger partial charge in [0.1, 0.15) is 5.75 Å². The van der Waals surface area contributed by atoms with Crippen molar-refractivity contribution in [1.29, 1.82) is 0 Å². The molecule has 0 radical (unpaired) electrons. The summed E-state index contributed by atoms with van der Waals surface area (Å²) in [6.45, 7) is 4.57. The number of rotatable bonds is 6. The lowest BCUT2D eigenvalue weighted by molar-refractivity contribution is -0.384. The first-order chi connectivity index (χ1) is 11.0. The molecule has 0 saturated carbocycles. The molecule has 120 valence electrons. The largest absolute Gasteiger partial charge is 0.492 e. The number of carbonyl (C=O) groups is 1. The number of nitrogens with one attached hydrogen (secondary N) is 1. The summed E-state index contributed by atoms with van der Waals surface area (Å²) >= 11 is 0. The second-order valence-electron chi connectivity index (χ2n) is 5.46. The summed E-state index contributed by atoms with van der Waals surface area (Å²) in [7, 11) is 0. The maximum atomic E-state index is 12.4. The molecule has 1 N–H and O–H groups in total. The molecule has 2 aromatic carbocycles. The zero-order chi connectivity index (χ0) is 16.8. The number of ether oxygens (including phenoxy) is 1. The molecule has 2 aromatic rings. The maximum Gasteiger partial charge on any atom is 0.269 e. The molecule has 0 heterocycles. The highest BCUT2D eigenvalue weighted by atomic mass is 16.6. The Labute approximate surface area is 134 Å². The molecule has 0 spiro atoms. The van der Waals surface area contributed by atoms with Crippen LogP contribution in [0.3, 0.4) is 0 Å². The smallest absolute Gasteiger partial charge is 0.269 e. The molecule has 23 heavy (non-hydrogen) atoms. The van der Waals surface area contributed by atoms with Gasteiger partial charge in [0.15, 0.2) is 0 Å². The van der Waals surface area contributed by atoms with E-state index in [2.05, 4.69) is 5.32 Å². The fraction of sp³-hybridized carbons (Fsp3) is 0.235. The van der Waals surface area contributed by atoms with Crippen molar-refractivity contribution in [3.05, 3.63) is 64.2 Å². The number of para-hydroxylation sites is 1. The Hall–Kier alpha value is -2.89. The maximum absolute atomic E-state index is 12.4. The number of benzene rings is 2. The number of nitrogens with zero attached hydrogens (tertiary/aromatic N) is 1. The molecule has 0 aliphatic rings. The third-order valence-electron chi connectivity index (χ3n) is 3.04. The van der Waals surface area contributed by atoms with Crippen LogP contribution in [0.25, 0.3) is 0 Å². The Balaban J connectivity index is 2.12. The number of carbonyl (C=O) groups excluding carboxylic acids is 1. The summed E-state index contributed by atoms with van der Waals surface area (Å²) in [6, 6.07) is 12.7. The van der Waals surface area contributed by atoms with Gasteiger partial charge in [-0.3, -0.25) is 14.9 Å². The Kier molecular flexibility index (Phi) is 5.30. The van der Waals surface area contributed by atoms with Gasteiger partial charge >= 0.3 is 0 Å².